The molecule has 3 heteroatoms. The maximum absolute atomic E-state index is 11.3. The molecule has 0 heterocycles. The number of hydrogen-bond donors (Lipinski definition) is 1. The molecule has 0 bridgehead atoms. The number of carbonyl (C=O) groups is 1. The van der Waals surface area contributed by atoms with Crippen molar-refractivity contribution in [2.75, 3.05) is 0 Å². The zero-order chi connectivity index (χ0) is 9.35. The Labute approximate surface area is 72.7 Å². The van der Waals surface area contributed by atoms with Gasteiger partial charge in [0.15, 0.2) is 0 Å². The van der Waals surface area contributed by atoms with Crippen LogP contribution in [0.1, 0.15) is 33.6 Å². The van der Waals surface area contributed by atoms with E-state index in [0.717, 1.165) is 0 Å². The second-order valence-corrected chi connectivity index (χ2v) is 4.36. The first-order chi connectivity index (χ1) is 5.38. The highest BCUT2D eigenvalue weighted by atomic mass is 16.6. The van der Waals surface area contributed by atoms with Crippen LogP contribution in [0.5, 0.6) is 0 Å². The molecule has 1 aliphatic rings. The number of hydrogen-bond acceptors (Lipinski definition) is 3. The van der Waals surface area contributed by atoms with E-state index in [1.165, 1.54) is 0 Å². The van der Waals surface area contributed by atoms with Crippen LogP contribution >= 0.6 is 0 Å². The summed E-state index contributed by atoms with van der Waals surface area (Å²) in [5, 5.41) is 8.96. The van der Waals surface area contributed by atoms with E-state index in [1.54, 1.807) is 0 Å². The molecule has 1 rings (SSSR count). The first-order valence-electron chi connectivity index (χ1n) is 4.29. The first-order valence-corrected chi connectivity index (χ1v) is 4.29. The van der Waals surface area contributed by atoms with Crippen molar-refractivity contribution in [1.82, 2.24) is 0 Å². The van der Waals surface area contributed by atoms with E-state index in [9.17, 15) is 4.79 Å². The molecule has 0 aromatic carbocycles. The summed E-state index contributed by atoms with van der Waals surface area (Å²) >= 11 is 0. The number of aliphatic hydroxyl groups excluding tert-OH is 1. The molecule has 0 radical (unpaired) electrons. The molecule has 0 aromatic heterocycles. The zero-order valence-electron chi connectivity index (χ0n) is 7.83. The van der Waals surface area contributed by atoms with Gasteiger partial charge in [0.25, 0.3) is 0 Å². The minimum Gasteiger partial charge on any atom is -0.460 e. The molecule has 0 atom stereocenters. The number of carbonyl (C=O) groups excluding carboxylic acids is 1. The molecule has 0 aromatic rings. The molecule has 3 nitrogen and oxygen atoms in total. The van der Waals surface area contributed by atoms with Crippen LogP contribution in [0.15, 0.2) is 0 Å². The largest absolute Gasteiger partial charge is 0.460 e. The maximum Gasteiger partial charge on any atom is 0.309 e. The quantitative estimate of drug-likeness (QED) is 0.602. The van der Waals surface area contributed by atoms with Gasteiger partial charge in [-0.1, -0.05) is 0 Å². The molecule has 0 unspecified atom stereocenters. The van der Waals surface area contributed by atoms with Crippen LogP contribution in [-0.4, -0.2) is 22.8 Å². The van der Waals surface area contributed by atoms with Crippen molar-refractivity contribution >= 4 is 5.97 Å². The normalized spacial score (nSPS) is 29.3. The van der Waals surface area contributed by atoms with E-state index >= 15 is 0 Å². The van der Waals surface area contributed by atoms with Gasteiger partial charge in [-0.3, -0.25) is 4.79 Å². The fourth-order valence-corrected chi connectivity index (χ4v) is 1.17. The van der Waals surface area contributed by atoms with Crippen LogP contribution in [0.3, 0.4) is 0 Å². The zero-order valence-corrected chi connectivity index (χ0v) is 7.83. The molecule has 70 valence electrons. The predicted molar refractivity (Wildman–Crippen MR) is 44.6 cm³/mol. The summed E-state index contributed by atoms with van der Waals surface area (Å²) in [6.07, 6.45) is 0.839. The highest BCUT2D eigenvalue weighted by Gasteiger charge is 2.35. The Balaban J connectivity index is 2.30. The Kier molecular flexibility index (Phi) is 2.42. The lowest BCUT2D eigenvalue weighted by atomic mass is 9.82. The average molecular weight is 172 g/mol. The van der Waals surface area contributed by atoms with E-state index in [2.05, 4.69) is 0 Å². The van der Waals surface area contributed by atoms with E-state index in [4.69, 9.17) is 9.84 Å². The predicted octanol–water partition coefficient (Wildman–Crippen LogP) is 1.10. The number of esters is 1. The fraction of sp³-hybridized carbons (Fsp3) is 0.889. The van der Waals surface area contributed by atoms with Crippen molar-refractivity contribution in [3.63, 3.8) is 0 Å². The monoisotopic (exact) mass is 172 g/mol. The molecule has 12 heavy (non-hydrogen) atoms. The standard InChI is InChI=1S/C9H16O3/c1-9(2,3)12-8(11)6-4-7(10)5-6/h6-7,10H,4-5H2,1-3H3/t6-,7+. The first kappa shape index (κ1) is 9.52. The summed E-state index contributed by atoms with van der Waals surface area (Å²) in [6.45, 7) is 5.54. The maximum atomic E-state index is 11.3. The Morgan fingerprint density at radius 1 is 1.42 bits per heavy atom. The van der Waals surface area contributed by atoms with E-state index in [-0.39, 0.29) is 18.0 Å². The van der Waals surface area contributed by atoms with Crippen molar-refractivity contribution in [2.45, 2.75) is 45.3 Å². The third-order valence-electron chi connectivity index (χ3n) is 1.85. The van der Waals surface area contributed by atoms with Crippen LogP contribution in [-0.2, 0) is 9.53 Å². The minimum atomic E-state index is -0.405. The van der Waals surface area contributed by atoms with Gasteiger partial charge < -0.3 is 9.84 Å². The third-order valence-corrected chi connectivity index (χ3v) is 1.85. The highest BCUT2D eigenvalue weighted by molar-refractivity contribution is 5.74. The summed E-state index contributed by atoms with van der Waals surface area (Å²) in [4.78, 5) is 11.3. The molecule has 0 aliphatic heterocycles. The van der Waals surface area contributed by atoms with Gasteiger partial charge in [-0.25, -0.2) is 0 Å². The van der Waals surface area contributed by atoms with Crippen molar-refractivity contribution in [1.29, 1.82) is 0 Å². The second kappa shape index (κ2) is 3.05. The van der Waals surface area contributed by atoms with Gasteiger partial charge in [0, 0.05) is 0 Å². The van der Waals surface area contributed by atoms with Gasteiger partial charge in [0.05, 0.1) is 12.0 Å². The molecular weight excluding hydrogens is 156 g/mol. The van der Waals surface area contributed by atoms with Crippen molar-refractivity contribution in [2.24, 2.45) is 5.92 Å². The lowest BCUT2D eigenvalue weighted by Crippen LogP contribution is -2.38. The number of ether oxygens (including phenoxy) is 1. The van der Waals surface area contributed by atoms with E-state index in [1.807, 2.05) is 20.8 Å². The lowest BCUT2D eigenvalue weighted by molar-refractivity contribution is -0.167. The summed E-state index contributed by atoms with van der Waals surface area (Å²) in [5.41, 5.74) is -0.405. The van der Waals surface area contributed by atoms with Crippen molar-refractivity contribution < 1.29 is 14.6 Å². The van der Waals surface area contributed by atoms with Gasteiger partial charge in [-0.2, -0.15) is 0 Å². The molecule has 1 N–H and O–H groups in total. The van der Waals surface area contributed by atoms with E-state index < -0.39 is 5.60 Å². The van der Waals surface area contributed by atoms with Crippen LogP contribution < -0.4 is 0 Å². The van der Waals surface area contributed by atoms with Gasteiger partial charge in [-0.05, 0) is 33.6 Å². The van der Waals surface area contributed by atoms with Crippen molar-refractivity contribution in [3.8, 4) is 0 Å². The molecule has 1 fully saturated rings. The third kappa shape index (κ3) is 2.48. The smallest absolute Gasteiger partial charge is 0.309 e. The highest BCUT2D eigenvalue weighted by Crippen LogP contribution is 2.29. The Morgan fingerprint density at radius 2 is 1.92 bits per heavy atom. The van der Waals surface area contributed by atoms with Crippen LogP contribution in [0, 0.1) is 5.92 Å². The van der Waals surface area contributed by atoms with Gasteiger partial charge in [0.1, 0.15) is 5.60 Å². The van der Waals surface area contributed by atoms with E-state index in [0.29, 0.717) is 12.8 Å². The number of aliphatic hydroxyl groups is 1. The summed E-state index contributed by atoms with van der Waals surface area (Å²) in [6, 6.07) is 0. The van der Waals surface area contributed by atoms with Gasteiger partial charge in [-0.15, -0.1) is 0 Å². The van der Waals surface area contributed by atoms with Crippen LogP contribution in [0.4, 0.5) is 0 Å². The SMILES string of the molecule is CC(C)(C)OC(=O)[C@H]1C[C@@H](O)C1. The molecule has 0 saturated heterocycles. The molecule has 1 saturated carbocycles. The van der Waals surface area contributed by atoms with Gasteiger partial charge in [0.2, 0.25) is 0 Å². The van der Waals surface area contributed by atoms with Crippen molar-refractivity contribution in [3.05, 3.63) is 0 Å². The summed E-state index contributed by atoms with van der Waals surface area (Å²) in [7, 11) is 0. The summed E-state index contributed by atoms with van der Waals surface area (Å²) in [5.74, 6) is -0.243. The molecule has 0 amide bonds. The summed E-state index contributed by atoms with van der Waals surface area (Å²) < 4.78 is 5.14. The van der Waals surface area contributed by atoms with Crippen LogP contribution in [0.25, 0.3) is 0 Å². The van der Waals surface area contributed by atoms with Crippen LogP contribution in [0.2, 0.25) is 0 Å². The second-order valence-electron chi connectivity index (χ2n) is 4.36. The van der Waals surface area contributed by atoms with Gasteiger partial charge >= 0.3 is 5.97 Å². The number of rotatable bonds is 1. The Hall–Kier alpha value is -0.570. The Bertz CT molecular complexity index is 175. The Morgan fingerprint density at radius 3 is 2.25 bits per heavy atom. The lowest BCUT2D eigenvalue weighted by Gasteiger charge is -2.32. The minimum absolute atomic E-state index is 0.0702. The topological polar surface area (TPSA) is 46.5 Å². The molecule has 0 spiro atoms. The molecule has 1 aliphatic carbocycles. The molecular formula is C9H16O3. The average Bonchev–Trinajstić information content (AvgIpc) is 1.76. The fourth-order valence-electron chi connectivity index (χ4n) is 1.17.